The van der Waals surface area contributed by atoms with Gasteiger partial charge in [-0.25, -0.2) is 0 Å². The van der Waals surface area contributed by atoms with Gasteiger partial charge >= 0.3 is 0 Å². The molecule has 1 unspecified atom stereocenters. The standard InChI is InChI=1S/C16H19N3O2/c1-10(16-11(2)19-21-12(16)3)18-9-13-5-6-14(8-17)15(7-13)20-4/h5-7,10,18H,9H2,1-4H3. The molecule has 21 heavy (non-hydrogen) atoms. The van der Waals surface area contributed by atoms with Gasteiger partial charge in [0.2, 0.25) is 0 Å². The Morgan fingerprint density at radius 2 is 2.19 bits per heavy atom. The van der Waals surface area contributed by atoms with Gasteiger partial charge in [-0.05, 0) is 38.5 Å². The van der Waals surface area contributed by atoms with Crippen LogP contribution >= 0.6 is 0 Å². The largest absolute Gasteiger partial charge is 0.495 e. The van der Waals surface area contributed by atoms with Gasteiger partial charge in [0.05, 0.1) is 18.4 Å². The van der Waals surface area contributed by atoms with Gasteiger partial charge in [-0.15, -0.1) is 0 Å². The smallest absolute Gasteiger partial charge is 0.138 e. The molecule has 0 amide bonds. The number of nitrogens with zero attached hydrogens (tertiary/aromatic N) is 2. The van der Waals surface area contributed by atoms with E-state index in [1.54, 1.807) is 13.2 Å². The van der Waals surface area contributed by atoms with E-state index in [1.807, 2.05) is 26.0 Å². The van der Waals surface area contributed by atoms with Crippen molar-refractivity contribution in [1.29, 1.82) is 5.26 Å². The third kappa shape index (κ3) is 3.23. The van der Waals surface area contributed by atoms with E-state index in [-0.39, 0.29) is 6.04 Å². The Hall–Kier alpha value is -2.32. The fraction of sp³-hybridized carbons (Fsp3) is 0.375. The molecule has 1 heterocycles. The molecular weight excluding hydrogens is 266 g/mol. The fourth-order valence-corrected chi connectivity index (χ4v) is 2.42. The van der Waals surface area contributed by atoms with Crippen LogP contribution in [0.4, 0.5) is 0 Å². The molecule has 0 aliphatic carbocycles. The van der Waals surface area contributed by atoms with Gasteiger partial charge in [-0.3, -0.25) is 0 Å². The summed E-state index contributed by atoms with van der Waals surface area (Å²) in [5.41, 5.74) is 3.60. The molecule has 1 N–H and O–H groups in total. The molecule has 0 fully saturated rings. The van der Waals surface area contributed by atoms with Crippen LogP contribution in [0.25, 0.3) is 0 Å². The minimum atomic E-state index is 0.137. The van der Waals surface area contributed by atoms with Crippen LogP contribution in [0, 0.1) is 25.2 Å². The third-order valence-corrected chi connectivity index (χ3v) is 3.52. The van der Waals surface area contributed by atoms with Gasteiger partial charge in [-0.2, -0.15) is 5.26 Å². The van der Waals surface area contributed by atoms with Gasteiger partial charge in [0.25, 0.3) is 0 Å². The molecule has 2 rings (SSSR count). The van der Waals surface area contributed by atoms with Crippen LogP contribution < -0.4 is 10.1 Å². The molecule has 5 nitrogen and oxygen atoms in total. The highest BCUT2D eigenvalue weighted by molar-refractivity contribution is 5.45. The van der Waals surface area contributed by atoms with Crippen molar-refractivity contribution >= 4 is 0 Å². The summed E-state index contributed by atoms with van der Waals surface area (Å²) in [6.45, 7) is 6.60. The highest BCUT2D eigenvalue weighted by Crippen LogP contribution is 2.23. The van der Waals surface area contributed by atoms with Crippen molar-refractivity contribution in [3.05, 3.63) is 46.3 Å². The first-order chi connectivity index (χ1) is 10.1. The number of aryl methyl sites for hydroxylation is 2. The van der Waals surface area contributed by atoms with E-state index in [2.05, 4.69) is 23.5 Å². The zero-order valence-corrected chi connectivity index (χ0v) is 12.7. The van der Waals surface area contributed by atoms with Crippen LogP contribution in [0.15, 0.2) is 22.7 Å². The summed E-state index contributed by atoms with van der Waals surface area (Å²) in [5, 5.41) is 16.4. The van der Waals surface area contributed by atoms with Gasteiger partial charge in [0.15, 0.2) is 0 Å². The summed E-state index contributed by atoms with van der Waals surface area (Å²) in [6.07, 6.45) is 0. The van der Waals surface area contributed by atoms with Crippen molar-refractivity contribution in [2.45, 2.75) is 33.4 Å². The lowest BCUT2D eigenvalue weighted by atomic mass is 10.1. The predicted molar refractivity (Wildman–Crippen MR) is 78.9 cm³/mol. The van der Waals surface area contributed by atoms with E-state index in [0.717, 1.165) is 22.6 Å². The van der Waals surface area contributed by atoms with Gasteiger partial charge < -0.3 is 14.6 Å². The monoisotopic (exact) mass is 285 g/mol. The Kier molecular flexibility index (Phi) is 4.61. The quantitative estimate of drug-likeness (QED) is 0.914. The van der Waals surface area contributed by atoms with Crippen LogP contribution in [0.2, 0.25) is 0 Å². The zero-order chi connectivity index (χ0) is 15.4. The van der Waals surface area contributed by atoms with E-state index in [1.165, 1.54) is 0 Å². The lowest BCUT2D eigenvalue weighted by Gasteiger charge is -2.14. The summed E-state index contributed by atoms with van der Waals surface area (Å²) >= 11 is 0. The molecule has 1 aromatic heterocycles. The number of ether oxygens (including phenoxy) is 1. The Morgan fingerprint density at radius 1 is 1.43 bits per heavy atom. The highest BCUT2D eigenvalue weighted by Gasteiger charge is 2.16. The summed E-state index contributed by atoms with van der Waals surface area (Å²) < 4.78 is 10.4. The summed E-state index contributed by atoms with van der Waals surface area (Å²) in [7, 11) is 1.57. The van der Waals surface area contributed by atoms with E-state index in [4.69, 9.17) is 14.5 Å². The van der Waals surface area contributed by atoms with Gasteiger partial charge in [0, 0.05) is 18.2 Å². The second-order valence-corrected chi connectivity index (χ2v) is 4.99. The topological polar surface area (TPSA) is 71.1 Å². The van der Waals surface area contributed by atoms with Crippen LogP contribution in [0.1, 0.15) is 41.1 Å². The average molecular weight is 285 g/mol. The van der Waals surface area contributed by atoms with E-state index < -0.39 is 0 Å². The Labute approximate surface area is 124 Å². The normalized spacial score (nSPS) is 12.0. The molecule has 1 aromatic carbocycles. The third-order valence-electron chi connectivity index (χ3n) is 3.52. The van der Waals surface area contributed by atoms with Crippen LogP contribution in [0.5, 0.6) is 5.75 Å². The molecule has 1 atom stereocenters. The van der Waals surface area contributed by atoms with E-state index in [9.17, 15) is 0 Å². The number of aromatic nitrogens is 1. The first kappa shape index (κ1) is 15.1. The van der Waals surface area contributed by atoms with Crippen molar-refractivity contribution in [1.82, 2.24) is 10.5 Å². The number of hydrogen-bond donors (Lipinski definition) is 1. The molecular formula is C16H19N3O2. The first-order valence-corrected chi connectivity index (χ1v) is 6.80. The van der Waals surface area contributed by atoms with Crippen molar-refractivity contribution in [3.8, 4) is 11.8 Å². The molecule has 0 aliphatic rings. The average Bonchev–Trinajstić information content (AvgIpc) is 2.83. The molecule has 2 aromatic rings. The number of benzene rings is 1. The van der Waals surface area contributed by atoms with E-state index in [0.29, 0.717) is 17.9 Å². The Morgan fingerprint density at radius 3 is 2.76 bits per heavy atom. The predicted octanol–water partition coefficient (Wildman–Crippen LogP) is 3.02. The van der Waals surface area contributed by atoms with Crippen molar-refractivity contribution in [2.75, 3.05) is 7.11 Å². The van der Waals surface area contributed by atoms with Crippen LogP contribution in [-0.4, -0.2) is 12.3 Å². The summed E-state index contributed by atoms with van der Waals surface area (Å²) in [4.78, 5) is 0. The maximum atomic E-state index is 8.98. The molecule has 0 radical (unpaired) electrons. The number of nitriles is 1. The van der Waals surface area contributed by atoms with Crippen molar-refractivity contribution in [2.24, 2.45) is 0 Å². The van der Waals surface area contributed by atoms with E-state index >= 15 is 0 Å². The molecule has 0 saturated carbocycles. The van der Waals surface area contributed by atoms with Crippen LogP contribution in [0.3, 0.4) is 0 Å². The maximum Gasteiger partial charge on any atom is 0.138 e. The summed E-state index contributed by atoms with van der Waals surface area (Å²) in [6, 6.07) is 7.83. The maximum absolute atomic E-state index is 8.98. The fourth-order valence-electron chi connectivity index (χ4n) is 2.42. The van der Waals surface area contributed by atoms with Crippen molar-refractivity contribution < 1.29 is 9.26 Å². The minimum absolute atomic E-state index is 0.137. The second kappa shape index (κ2) is 6.42. The molecule has 0 aliphatic heterocycles. The lowest BCUT2D eigenvalue weighted by Crippen LogP contribution is -2.19. The zero-order valence-electron chi connectivity index (χ0n) is 12.7. The molecule has 0 bridgehead atoms. The Balaban J connectivity index is 2.08. The highest BCUT2D eigenvalue weighted by atomic mass is 16.5. The first-order valence-electron chi connectivity index (χ1n) is 6.80. The van der Waals surface area contributed by atoms with Crippen molar-refractivity contribution in [3.63, 3.8) is 0 Å². The SMILES string of the molecule is COc1cc(CNC(C)c2c(C)noc2C)ccc1C#N. The minimum Gasteiger partial charge on any atom is -0.495 e. The summed E-state index contributed by atoms with van der Waals surface area (Å²) in [5.74, 6) is 1.44. The van der Waals surface area contributed by atoms with Crippen LogP contribution in [-0.2, 0) is 6.54 Å². The van der Waals surface area contributed by atoms with Gasteiger partial charge in [0.1, 0.15) is 17.6 Å². The second-order valence-electron chi connectivity index (χ2n) is 4.99. The lowest BCUT2D eigenvalue weighted by molar-refractivity contribution is 0.390. The molecule has 0 spiro atoms. The molecule has 110 valence electrons. The molecule has 5 heteroatoms. The Bertz CT molecular complexity index is 651. The number of hydrogen-bond acceptors (Lipinski definition) is 5. The van der Waals surface area contributed by atoms with Gasteiger partial charge in [-0.1, -0.05) is 11.2 Å². The molecule has 0 saturated heterocycles. The number of rotatable bonds is 5. The number of nitrogens with one attached hydrogen (secondary N) is 1. The number of methoxy groups -OCH3 is 1.